The third-order valence-corrected chi connectivity index (χ3v) is 5.69. The van der Waals surface area contributed by atoms with E-state index in [9.17, 15) is 26.3 Å². The third-order valence-electron chi connectivity index (χ3n) is 4.09. The second kappa shape index (κ2) is 7.59. The summed E-state index contributed by atoms with van der Waals surface area (Å²) >= 11 is 6.08. The molecule has 0 N–H and O–H groups in total. The number of aromatic nitrogens is 1. The van der Waals surface area contributed by atoms with Crippen LogP contribution < -0.4 is 0 Å². The average molecular weight is 527 g/mol. The van der Waals surface area contributed by atoms with Gasteiger partial charge in [-0.15, -0.1) is 0 Å². The van der Waals surface area contributed by atoms with Crippen molar-refractivity contribution in [3.05, 3.63) is 80.4 Å². The van der Waals surface area contributed by atoms with Crippen molar-refractivity contribution in [2.24, 2.45) is 0 Å². The van der Waals surface area contributed by atoms with E-state index in [4.69, 9.17) is 0 Å². The maximum atomic E-state index is 13.5. The summed E-state index contributed by atoms with van der Waals surface area (Å²) in [4.78, 5) is 0. The van der Waals surface area contributed by atoms with Gasteiger partial charge in [-0.25, -0.2) is 0 Å². The van der Waals surface area contributed by atoms with Gasteiger partial charge in [-0.3, -0.25) is 0 Å². The SMILES string of the molecule is FC(F)(F)c1ccc(Cn2c(Br)c(C(F)(F)F)c(Br)c2-c2ccccc2)cc1. The summed E-state index contributed by atoms with van der Waals surface area (Å²) in [6.07, 6.45) is -9.10. The van der Waals surface area contributed by atoms with Crippen LogP contribution in [0.15, 0.2) is 63.7 Å². The molecule has 0 spiro atoms. The van der Waals surface area contributed by atoms with Crippen molar-refractivity contribution < 1.29 is 26.3 Å². The van der Waals surface area contributed by atoms with Crippen LogP contribution >= 0.6 is 31.9 Å². The summed E-state index contributed by atoms with van der Waals surface area (Å²) in [5.74, 6) is 0. The van der Waals surface area contributed by atoms with Crippen LogP contribution in [0, 0.1) is 0 Å². The molecule has 0 radical (unpaired) electrons. The molecule has 0 fully saturated rings. The zero-order valence-electron chi connectivity index (χ0n) is 13.9. The molecule has 0 unspecified atom stereocenters. The molecular formula is C19H11Br2F6N. The van der Waals surface area contributed by atoms with Crippen LogP contribution in [-0.4, -0.2) is 4.57 Å². The molecular weight excluding hydrogens is 516 g/mol. The Kier molecular flexibility index (Phi) is 5.69. The van der Waals surface area contributed by atoms with Crippen molar-refractivity contribution in [1.29, 1.82) is 0 Å². The first-order chi connectivity index (χ1) is 13.0. The van der Waals surface area contributed by atoms with Gasteiger partial charge < -0.3 is 4.57 Å². The van der Waals surface area contributed by atoms with E-state index in [0.29, 0.717) is 11.1 Å². The summed E-state index contributed by atoms with van der Waals surface area (Å²) in [5.41, 5.74) is -0.444. The van der Waals surface area contributed by atoms with Gasteiger partial charge in [0.05, 0.1) is 20.3 Å². The molecule has 0 aliphatic heterocycles. The molecule has 0 amide bonds. The highest BCUT2D eigenvalue weighted by Crippen LogP contribution is 2.47. The first kappa shape index (κ1) is 21.0. The number of alkyl halides is 6. The van der Waals surface area contributed by atoms with Gasteiger partial charge in [-0.05, 0) is 55.1 Å². The zero-order valence-corrected chi connectivity index (χ0v) is 17.0. The molecule has 3 rings (SSSR count). The summed E-state index contributed by atoms with van der Waals surface area (Å²) in [7, 11) is 0. The minimum atomic E-state index is -4.62. The number of hydrogen-bond donors (Lipinski definition) is 0. The van der Waals surface area contributed by atoms with E-state index in [1.54, 1.807) is 30.3 Å². The Morgan fingerprint density at radius 2 is 1.32 bits per heavy atom. The van der Waals surface area contributed by atoms with Crippen LogP contribution in [0.2, 0.25) is 0 Å². The Hall–Kier alpha value is -1.74. The fraction of sp³-hybridized carbons (Fsp3) is 0.158. The fourth-order valence-corrected chi connectivity index (χ4v) is 4.66. The third kappa shape index (κ3) is 4.15. The predicted octanol–water partition coefficient (Wildman–Crippen LogP) is 7.77. The lowest BCUT2D eigenvalue weighted by Gasteiger charge is -2.13. The molecule has 9 heteroatoms. The Balaban J connectivity index is 2.12. The van der Waals surface area contributed by atoms with Crippen LogP contribution in [0.1, 0.15) is 16.7 Å². The van der Waals surface area contributed by atoms with Gasteiger partial charge in [0.1, 0.15) is 5.56 Å². The summed E-state index contributed by atoms with van der Waals surface area (Å²) < 4.78 is 79.9. The lowest BCUT2D eigenvalue weighted by atomic mass is 10.1. The van der Waals surface area contributed by atoms with Gasteiger partial charge in [0.2, 0.25) is 0 Å². The Bertz CT molecular complexity index is 973. The lowest BCUT2D eigenvalue weighted by Crippen LogP contribution is -2.08. The largest absolute Gasteiger partial charge is 0.420 e. The van der Waals surface area contributed by atoms with Crippen LogP contribution in [0.4, 0.5) is 26.3 Å². The number of halogens is 8. The standard InChI is InChI=1S/C19H11Br2F6N/c20-15-14(19(25,26)27)17(21)28(16(15)12-4-2-1-3-5-12)10-11-6-8-13(9-7-11)18(22,23)24/h1-9H,10H2. The summed E-state index contributed by atoms with van der Waals surface area (Å²) in [5, 5.41) is 0. The van der Waals surface area contributed by atoms with Gasteiger partial charge in [-0.1, -0.05) is 42.5 Å². The van der Waals surface area contributed by atoms with Crippen LogP contribution in [0.5, 0.6) is 0 Å². The topological polar surface area (TPSA) is 4.93 Å². The van der Waals surface area contributed by atoms with E-state index in [-0.39, 0.29) is 21.3 Å². The smallest absolute Gasteiger partial charge is 0.329 e. The highest BCUT2D eigenvalue weighted by molar-refractivity contribution is 9.11. The van der Waals surface area contributed by atoms with Crippen molar-refractivity contribution in [1.82, 2.24) is 4.57 Å². The molecule has 0 bridgehead atoms. The van der Waals surface area contributed by atoms with Crippen molar-refractivity contribution in [2.45, 2.75) is 18.9 Å². The molecule has 0 saturated heterocycles. The minimum Gasteiger partial charge on any atom is -0.329 e. The summed E-state index contributed by atoms with van der Waals surface area (Å²) in [6, 6.07) is 12.8. The fourth-order valence-electron chi connectivity index (χ4n) is 2.81. The molecule has 0 atom stereocenters. The minimum absolute atomic E-state index is 0.0440. The van der Waals surface area contributed by atoms with Gasteiger partial charge in [0.25, 0.3) is 0 Å². The van der Waals surface area contributed by atoms with Crippen molar-refractivity contribution in [3.8, 4) is 11.3 Å². The molecule has 1 heterocycles. The molecule has 148 valence electrons. The van der Waals surface area contributed by atoms with E-state index in [0.717, 1.165) is 12.1 Å². The van der Waals surface area contributed by atoms with Gasteiger partial charge in [0.15, 0.2) is 0 Å². The van der Waals surface area contributed by atoms with Gasteiger partial charge in [-0.2, -0.15) is 26.3 Å². The highest BCUT2D eigenvalue weighted by atomic mass is 79.9. The number of nitrogens with zero attached hydrogens (tertiary/aromatic N) is 1. The van der Waals surface area contributed by atoms with E-state index in [1.807, 2.05) is 0 Å². The second-order valence-corrected chi connectivity index (χ2v) is 7.52. The predicted molar refractivity (Wildman–Crippen MR) is 101 cm³/mol. The number of benzene rings is 2. The molecule has 2 aromatic carbocycles. The van der Waals surface area contributed by atoms with Crippen molar-refractivity contribution in [2.75, 3.05) is 0 Å². The quantitative estimate of drug-likeness (QED) is 0.307. The normalized spacial score (nSPS) is 12.4. The average Bonchev–Trinajstić information content (AvgIpc) is 2.85. The van der Waals surface area contributed by atoms with Gasteiger partial charge >= 0.3 is 12.4 Å². The van der Waals surface area contributed by atoms with E-state index in [2.05, 4.69) is 31.9 Å². The molecule has 1 aromatic heterocycles. The van der Waals surface area contributed by atoms with Crippen LogP contribution in [0.25, 0.3) is 11.3 Å². The zero-order chi connectivity index (χ0) is 20.7. The van der Waals surface area contributed by atoms with Gasteiger partial charge in [0, 0.05) is 6.54 Å². The molecule has 0 aliphatic rings. The molecule has 3 aromatic rings. The Labute approximate surface area is 173 Å². The second-order valence-electron chi connectivity index (χ2n) is 5.97. The van der Waals surface area contributed by atoms with E-state index < -0.39 is 23.5 Å². The first-order valence-electron chi connectivity index (χ1n) is 7.86. The van der Waals surface area contributed by atoms with Crippen LogP contribution in [0.3, 0.4) is 0 Å². The Morgan fingerprint density at radius 1 is 0.750 bits per heavy atom. The highest BCUT2D eigenvalue weighted by Gasteiger charge is 2.40. The summed E-state index contributed by atoms with van der Waals surface area (Å²) in [6.45, 7) is -0.0440. The van der Waals surface area contributed by atoms with E-state index >= 15 is 0 Å². The molecule has 0 aliphatic carbocycles. The Morgan fingerprint density at radius 3 is 1.82 bits per heavy atom. The van der Waals surface area contributed by atoms with Crippen LogP contribution in [-0.2, 0) is 18.9 Å². The lowest BCUT2D eigenvalue weighted by molar-refractivity contribution is -0.139. The monoisotopic (exact) mass is 525 g/mol. The number of hydrogen-bond acceptors (Lipinski definition) is 0. The van der Waals surface area contributed by atoms with E-state index in [1.165, 1.54) is 16.7 Å². The van der Waals surface area contributed by atoms with Crippen molar-refractivity contribution >= 4 is 31.9 Å². The molecule has 0 saturated carbocycles. The maximum Gasteiger partial charge on any atom is 0.420 e. The molecule has 1 nitrogen and oxygen atoms in total. The van der Waals surface area contributed by atoms with Crippen molar-refractivity contribution in [3.63, 3.8) is 0 Å². The number of rotatable bonds is 3. The first-order valence-corrected chi connectivity index (χ1v) is 9.45. The molecule has 28 heavy (non-hydrogen) atoms. The maximum absolute atomic E-state index is 13.5.